The van der Waals surface area contributed by atoms with Gasteiger partial charge in [0.2, 0.25) is 0 Å². The van der Waals surface area contributed by atoms with Gasteiger partial charge < -0.3 is 9.47 Å². The molecule has 0 atom stereocenters. The minimum Gasteiger partial charge on any atom is -0.489 e. The highest BCUT2D eigenvalue weighted by Crippen LogP contribution is 2.20. The zero-order valence-electron chi connectivity index (χ0n) is 15.3. The maximum atomic E-state index is 11.8. The lowest BCUT2D eigenvalue weighted by atomic mass is 10.2. The zero-order chi connectivity index (χ0) is 20.5. The molecule has 0 aliphatic heterocycles. The molecule has 1 N–H and O–H groups in total. The fourth-order valence-electron chi connectivity index (χ4n) is 2.33. The Bertz CT molecular complexity index is 977. The smallest absolute Gasteiger partial charge is 0.277 e. The number of nitrogens with one attached hydrogen (secondary N) is 1. The summed E-state index contributed by atoms with van der Waals surface area (Å²) in [5, 5.41) is 4.83. The summed E-state index contributed by atoms with van der Waals surface area (Å²) in [6.07, 6.45) is 1.44. The number of benzene rings is 3. The Morgan fingerprint density at radius 3 is 2.31 bits per heavy atom. The summed E-state index contributed by atoms with van der Waals surface area (Å²) in [6, 6.07) is 21.9. The molecule has 0 heterocycles. The molecule has 7 heteroatoms. The van der Waals surface area contributed by atoms with Crippen molar-refractivity contribution >= 4 is 35.3 Å². The minimum atomic E-state index is -0.393. The van der Waals surface area contributed by atoms with E-state index < -0.39 is 5.91 Å². The lowest BCUT2D eigenvalue weighted by Gasteiger charge is -2.08. The molecule has 3 aromatic carbocycles. The van der Waals surface area contributed by atoms with Gasteiger partial charge >= 0.3 is 0 Å². The first-order chi connectivity index (χ1) is 14.1. The third-order valence-corrected chi connectivity index (χ3v) is 4.36. The number of rotatable bonds is 8. The predicted octanol–water partition coefficient (Wildman–Crippen LogP) is 5.10. The van der Waals surface area contributed by atoms with Crippen LogP contribution >= 0.6 is 23.2 Å². The Hall–Kier alpha value is -3.02. The van der Waals surface area contributed by atoms with Gasteiger partial charge in [0, 0.05) is 10.6 Å². The van der Waals surface area contributed by atoms with Gasteiger partial charge in [0.05, 0.1) is 11.2 Å². The molecule has 0 aliphatic rings. The second-order valence-corrected chi connectivity index (χ2v) is 6.84. The molecule has 0 saturated heterocycles. The Morgan fingerprint density at radius 1 is 0.931 bits per heavy atom. The van der Waals surface area contributed by atoms with Crippen LogP contribution in [-0.4, -0.2) is 18.7 Å². The number of carbonyl (C=O) groups is 1. The highest BCUT2D eigenvalue weighted by molar-refractivity contribution is 6.36. The van der Waals surface area contributed by atoms with Gasteiger partial charge in [-0.1, -0.05) is 59.6 Å². The van der Waals surface area contributed by atoms with Crippen molar-refractivity contribution in [2.45, 2.75) is 6.61 Å². The summed E-state index contributed by atoms with van der Waals surface area (Å²) < 4.78 is 11.2. The summed E-state index contributed by atoms with van der Waals surface area (Å²) in [5.41, 5.74) is 4.11. The average molecular weight is 429 g/mol. The van der Waals surface area contributed by atoms with Crippen molar-refractivity contribution in [3.8, 4) is 11.5 Å². The molecule has 148 valence electrons. The Kier molecular flexibility index (Phi) is 7.50. The normalized spacial score (nSPS) is 10.7. The zero-order valence-corrected chi connectivity index (χ0v) is 16.9. The second kappa shape index (κ2) is 10.5. The van der Waals surface area contributed by atoms with E-state index in [9.17, 15) is 4.79 Å². The first kappa shape index (κ1) is 20.7. The standard InChI is InChI=1S/C22H18Cl2N2O3/c23-18-7-6-17(21(24)12-18)13-25-26-22(27)15-29-20-10-8-19(9-11-20)28-14-16-4-2-1-3-5-16/h1-13H,14-15H2,(H,26,27). The van der Waals surface area contributed by atoms with Crippen molar-refractivity contribution in [1.29, 1.82) is 0 Å². The molecule has 0 unspecified atom stereocenters. The largest absolute Gasteiger partial charge is 0.489 e. The fourth-order valence-corrected chi connectivity index (χ4v) is 2.79. The third-order valence-electron chi connectivity index (χ3n) is 3.80. The van der Waals surface area contributed by atoms with Crippen molar-refractivity contribution in [2.24, 2.45) is 5.10 Å². The van der Waals surface area contributed by atoms with E-state index in [1.807, 2.05) is 30.3 Å². The number of nitrogens with zero attached hydrogens (tertiary/aromatic N) is 1. The van der Waals surface area contributed by atoms with E-state index in [-0.39, 0.29) is 6.61 Å². The molecule has 1 amide bonds. The van der Waals surface area contributed by atoms with E-state index in [1.165, 1.54) is 6.21 Å². The third kappa shape index (κ3) is 6.82. The maximum absolute atomic E-state index is 11.8. The SMILES string of the molecule is O=C(COc1ccc(OCc2ccccc2)cc1)NN=Cc1ccc(Cl)cc1Cl. The summed E-state index contributed by atoms with van der Waals surface area (Å²) in [7, 11) is 0. The van der Waals surface area contributed by atoms with Crippen LogP contribution in [0.4, 0.5) is 0 Å². The van der Waals surface area contributed by atoms with Crippen molar-refractivity contribution < 1.29 is 14.3 Å². The van der Waals surface area contributed by atoms with E-state index >= 15 is 0 Å². The van der Waals surface area contributed by atoms with Crippen LogP contribution < -0.4 is 14.9 Å². The second-order valence-electron chi connectivity index (χ2n) is 5.99. The van der Waals surface area contributed by atoms with Gasteiger partial charge in [0.15, 0.2) is 6.61 Å². The van der Waals surface area contributed by atoms with Gasteiger partial charge in [0.1, 0.15) is 18.1 Å². The first-order valence-electron chi connectivity index (χ1n) is 8.77. The van der Waals surface area contributed by atoms with Gasteiger partial charge in [-0.15, -0.1) is 0 Å². The molecule has 0 bridgehead atoms. The molecule has 0 radical (unpaired) electrons. The van der Waals surface area contributed by atoms with Crippen LogP contribution in [-0.2, 0) is 11.4 Å². The van der Waals surface area contributed by atoms with E-state index in [4.69, 9.17) is 32.7 Å². The Morgan fingerprint density at radius 2 is 1.62 bits per heavy atom. The van der Waals surface area contributed by atoms with Crippen LogP contribution in [0.5, 0.6) is 11.5 Å². The number of halogens is 2. The van der Waals surface area contributed by atoms with E-state index in [1.54, 1.807) is 42.5 Å². The first-order valence-corrected chi connectivity index (χ1v) is 9.52. The van der Waals surface area contributed by atoms with Crippen LogP contribution in [0.1, 0.15) is 11.1 Å². The molecule has 3 aromatic rings. The van der Waals surface area contributed by atoms with Crippen LogP contribution in [0, 0.1) is 0 Å². The quantitative estimate of drug-likeness (QED) is 0.400. The van der Waals surface area contributed by atoms with Gasteiger partial charge in [-0.25, -0.2) is 5.43 Å². The molecule has 0 aliphatic carbocycles. The van der Waals surface area contributed by atoms with Crippen molar-refractivity contribution in [1.82, 2.24) is 5.43 Å². The topological polar surface area (TPSA) is 59.9 Å². The van der Waals surface area contributed by atoms with Crippen LogP contribution in [0.25, 0.3) is 0 Å². The molecule has 3 rings (SSSR count). The Labute approximate surface area is 178 Å². The molecule has 29 heavy (non-hydrogen) atoms. The summed E-state index contributed by atoms with van der Waals surface area (Å²) in [4.78, 5) is 11.8. The monoisotopic (exact) mass is 428 g/mol. The van der Waals surface area contributed by atoms with E-state index in [2.05, 4.69) is 10.5 Å². The number of amides is 1. The molecule has 0 saturated carbocycles. The highest BCUT2D eigenvalue weighted by Gasteiger charge is 2.03. The van der Waals surface area contributed by atoms with Crippen LogP contribution in [0.3, 0.4) is 0 Å². The number of carbonyl (C=O) groups excluding carboxylic acids is 1. The van der Waals surface area contributed by atoms with Crippen molar-refractivity contribution in [2.75, 3.05) is 6.61 Å². The number of hydrogen-bond donors (Lipinski definition) is 1. The van der Waals surface area contributed by atoms with E-state index in [0.717, 1.165) is 11.3 Å². The molecule has 5 nitrogen and oxygen atoms in total. The lowest BCUT2D eigenvalue weighted by molar-refractivity contribution is -0.123. The fraction of sp³-hybridized carbons (Fsp3) is 0.0909. The number of hydrazone groups is 1. The summed E-state index contributed by atoms with van der Waals surface area (Å²) in [5.74, 6) is 0.878. The molecular weight excluding hydrogens is 411 g/mol. The average Bonchev–Trinajstić information content (AvgIpc) is 2.74. The van der Waals surface area contributed by atoms with Crippen molar-refractivity contribution in [3.05, 3.63) is 94.0 Å². The highest BCUT2D eigenvalue weighted by atomic mass is 35.5. The molecule has 0 spiro atoms. The van der Waals surface area contributed by atoms with Gasteiger partial charge in [-0.05, 0) is 42.0 Å². The predicted molar refractivity (Wildman–Crippen MR) is 115 cm³/mol. The van der Waals surface area contributed by atoms with Crippen molar-refractivity contribution in [3.63, 3.8) is 0 Å². The van der Waals surface area contributed by atoms with Gasteiger partial charge in [-0.3, -0.25) is 4.79 Å². The molecule has 0 fully saturated rings. The summed E-state index contributed by atoms with van der Waals surface area (Å²) in [6.45, 7) is 0.314. The number of ether oxygens (including phenoxy) is 2. The maximum Gasteiger partial charge on any atom is 0.277 e. The van der Waals surface area contributed by atoms with Crippen LogP contribution in [0.15, 0.2) is 77.9 Å². The Balaban J connectivity index is 1.42. The summed E-state index contributed by atoms with van der Waals surface area (Å²) >= 11 is 11.9. The van der Waals surface area contributed by atoms with E-state index in [0.29, 0.717) is 28.0 Å². The molecular formula is C22H18Cl2N2O3. The van der Waals surface area contributed by atoms with Crippen LogP contribution in [0.2, 0.25) is 10.0 Å². The number of hydrogen-bond acceptors (Lipinski definition) is 4. The lowest BCUT2D eigenvalue weighted by Crippen LogP contribution is -2.24. The minimum absolute atomic E-state index is 0.171. The molecule has 0 aromatic heterocycles. The van der Waals surface area contributed by atoms with Gasteiger partial charge in [-0.2, -0.15) is 5.10 Å². The van der Waals surface area contributed by atoms with Gasteiger partial charge in [0.25, 0.3) is 5.91 Å².